The summed E-state index contributed by atoms with van der Waals surface area (Å²) in [6, 6.07) is 9.37. The second-order valence-electron chi connectivity index (χ2n) is 4.51. The fourth-order valence-electron chi connectivity index (χ4n) is 2.01. The van der Waals surface area contributed by atoms with Gasteiger partial charge in [-0.15, -0.1) is 0 Å². The SMILES string of the molecule is COc1ccccc1CCNc1cc(C(N)=O)c(N)cn1. The molecule has 0 bridgehead atoms. The number of anilines is 2. The Morgan fingerprint density at radius 2 is 2.14 bits per heavy atom. The van der Waals surface area contributed by atoms with Crippen molar-refractivity contribution in [1.29, 1.82) is 0 Å². The van der Waals surface area contributed by atoms with Gasteiger partial charge >= 0.3 is 0 Å². The van der Waals surface area contributed by atoms with Crippen LogP contribution >= 0.6 is 0 Å². The molecule has 0 saturated carbocycles. The van der Waals surface area contributed by atoms with Crippen LogP contribution in [-0.2, 0) is 6.42 Å². The lowest BCUT2D eigenvalue weighted by molar-refractivity contribution is 0.100. The van der Waals surface area contributed by atoms with Crippen LogP contribution in [0, 0.1) is 0 Å². The lowest BCUT2D eigenvalue weighted by Crippen LogP contribution is -2.15. The maximum absolute atomic E-state index is 11.2. The van der Waals surface area contributed by atoms with Crippen molar-refractivity contribution in [3.63, 3.8) is 0 Å². The number of ether oxygens (including phenoxy) is 1. The molecule has 1 heterocycles. The molecule has 110 valence electrons. The number of nitrogens with two attached hydrogens (primary N) is 2. The highest BCUT2D eigenvalue weighted by molar-refractivity contribution is 5.98. The van der Waals surface area contributed by atoms with E-state index in [-0.39, 0.29) is 11.3 Å². The highest BCUT2D eigenvalue weighted by Gasteiger charge is 2.08. The number of nitrogen functional groups attached to an aromatic ring is 1. The molecule has 1 aromatic carbocycles. The largest absolute Gasteiger partial charge is 0.496 e. The first-order chi connectivity index (χ1) is 10.1. The molecule has 21 heavy (non-hydrogen) atoms. The first kappa shape index (κ1) is 14.6. The molecule has 6 nitrogen and oxygen atoms in total. The quantitative estimate of drug-likeness (QED) is 0.745. The molecule has 0 aliphatic rings. The number of hydrogen-bond acceptors (Lipinski definition) is 5. The highest BCUT2D eigenvalue weighted by Crippen LogP contribution is 2.18. The van der Waals surface area contributed by atoms with Crippen molar-refractivity contribution in [2.24, 2.45) is 5.73 Å². The number of aromatic nitrogens is 1. The zero-order chi connectivity index (χ0) is 15.2. The topological polar surface area (TPSA) is 103 Å². The number of pyridine rings is 1. The predicted octanol–water partition coefficient (Wildman–Crippen LogP) is 1.43. The average Bonchev–Trinajstić information content (AvgIpc) is 2.49. The molecular weight excluding hydrogens is 268 g/mol. The van der Waals surface area contributed by atoms with E-state index >= 15 is 0 Å². The van der Waals surface area contributed by atoms with E-state index in [0.717, 1.165) is 17.7 Å². The van der Waals surface area contributed by atoms with Gasteiger partial charge in [0.05, 0.1) is 24.6 Å². The van der Waals surface area contributed by atoms with Crippen molar-refractivity contribution in [1.82, 2.24) is 4.98 Å². The second kappa shape index (κ2) is 6.60. The molecule has 0 fully saturated rings. The van der Waals surface area contributed by atoms with Gasteiger partial charge in [-0.05, 0) is 24.1 Å². The summed E-state index contributed by atoms with van der Waals surface area (Å²) >= 11 is 0. The molecule has 0 radical (unpaired) electrons. The van der Waals surface area contributed by atoms with E-state index in [2.05, 4.69) is 10.3 Å². The number of hydrogen-bond donors (Lipinski definition) is 3. The Labute approximate surface area is 123 Å². The van der Waals surface area contributed by atoms with E-state index in [1.165, 1.54) is 6.20 Å². The summed E-state index contributed by atoms with van der Waals surface area (Å²) in [4.78, 5) is 15.3. The fraction of sp³-hybridized carbons (Fsp3) is 0.200. The number of rotatable bonds is 6. The highest BCUT2D eigenvalue weighted by atomic mass is 16.5. The van der Waals surface area contributed by atoms with Crippen LogP contribution in [0.15, 0.2) is 36.5 Å². The number of methoxy groups -OCH3 is 1. The van der Waals surface area contributed by atoms with Crippen molar-refractivity contribution in [2.45, 2.75) is 6.42 Å². The third-order valence-electron chi connectivity index (χ3n) is 3.09. The van der Waals surface area contributed by atoms with Crippen LogP contribution in [0.2, 0.25) is 0 Å². The number of amides is 1. The van der Waals surface area contributed by atoms with E-state index in [1.807, 2.05) is 24.3 Å². The third-order valence-corrected chi connectivity index (χ3v) is 3.09. The Kier molecular flexibility index (Phi) is 4.61. The molecule has 0 aliphatic carbocycles. The van der Waals surface area contributed by atoms with E-state index in [4.69, 9.17) is 16.2 Å². The zero-order valence-corrected chi connectivity index (χ0v) is 11.8. The first-order valence-corrected chi connectivity index (χ1v) is 6.53. The fourth-order valence-corrected chi connectivity index (χ4v) is 2.01. The van der Waals surface area contributed by atoms with Crippen LogP contribution in [-0.4, -0.2) is 24.5 Å². The van der Waals surface area contributed by atoms with E-state index < -0.39 is 5.91 Å². The van der Waals surface area contributed by atoms with Gasteiger partial charge in [-0.1, -0.05) is 18.2 Å². The van der Waals surface area contributed by atoms with Crippen LogP contribution in [0.25, 0.3) is 0 Å². The molecule has 1 aromatic heterocycles. The molecule has 0 atom stereocenters. The maximum Gasteiger partial charge on any atom is 0.250 e. The Hall–Kier alpha value is -2.76. The monoisotopic (exact) mass is 286 g/mol. The molecule has 2 rings (SSSR count). The van der Waals surface area contributed by atoms with E-state index in [0.29, 0.717) is 12.4 Å². The lowest BCUT2D eigenvalue weighted by Gasteiger charge is -2.10. The van der Waals surface area contributed by atoms with Gasteiger partial charge in [0.15, 0.2) is 0 Å². The summed E-state index contributed by atoms with van der Waals surface area (Å²) in [5, 5.41) is 3.14. The molecule has 0 unspecified atom stereocenters. The molecule has 6 heteroatoms. The number of carbonyl (C=O) groups excluding carboxylic acids is 1. The maximum atomic E-state index is 11.2. The van der Waals surface area contributed by atoms with Gasteiger partial charge in [-0.2, -0.15) is 0 Å². The minimum absolute atomic E-state index is 0.268. The third kappa shape index (κ3) is 3.62. The molecule has 0 aliphatic heterocycles. The molecule has 1 amide bonds. The van der Waals surface area contributed by atoms with Crippen LogP contribution in [0.4, 0.5) is 11.5 Å². The predicted molar refractivity (Wildman–Crippen MR) is 82.4 cm³/mol. The van der Waals surface area contributed by atoms with Gasteiger partial charge in [-0.3, -0.25) is 4.79 Å². The summed E-state index contributed by atoms with van der Waals surface area (Å²) in [7, 11) is 1.65. The Morgan fingerprint density at radius 3 is 2.86 bits per heavy atom. The van der Waals surface area contributed by atoms with Gasteiger partial charge in [0, 0.05) is 6.54 Å². The molecular formula is C15H18N4O2. The summed E-state index contributed by atoms with van der Waals surface area (Å²) in [5.41, 5.74) is 12.5. The smallest absolute Gasteiger partial charge is 0.250 e. The summed E-state index contributed by atoms with van der Waals surface area (Å²) < 4.78 is 5.29. The lowest BCUT2D eigenvalue weighted by atomic mass is 10.1. The normalized spacial score (nSPS) is 10.1. The average molecular weight is 286 g/mol. The number of benzene rings is 1. The van der Waals surface area contributed by atoms with Crippen molar-refractivity contribution < 1.29 is 9.53 Å². The van der Waals surface area contributed by atoms with Crippen LogP contribution in [0.5, 0.6) is 5.75 Å². The van der Waals surface area contributed by atoms with Crippen LogP contribution in [0.1, 0.15) is 15.9 Å². The van der Waals surface area contributed by atoms with Crippen LogP contribution in [0.3, 0.4) is 0 Å². The molecule has 0 saturated heterocycles. The zero-order valence-electron chi connectivity index (χ0n) is 11.8. The number of para-hydroxylation sites is 1. The number of carbonyl (C=O) groups is 1. The Balaban J connectivity index is 2.00. The molecule has 2 aromatic rings. The van der Waals surface area contributed by atoms with Crippen molar-refractivity contribution in [3.8, 4) is 5.75 Å². The first-order valence-electron chi connectivity index (χ1n) is 6.53. The van der Waals surface area contributed by atoms with Gasteiger partial charge in [0.1, 0.15) is 11.6 Å². The minimum atomic E-state index is -0.567. The summed E-state index contributed by atoms with van der Waals surface area (Å²) in [6.45, 7) is 0.648. The van der Waals surface area contributed by atoms with E-state index in [9.17, 15) is 4.79 Å². The van der Waals surface area contributed by atoms with E-state index in [1.54, 1.807) is 13.2 Å². The van der Waals surface area contributed by atoms with Gasteiger partial charge < -0.3 is 21.5 Å². The molecule has 0 spiro atoms. The van der Waals surface area contributed by atoms with Gasteiger partial charge in [0.25, 0.3) is 5.91 Å². The van der Waals surface area contributed by atoms with Gasteiger partial charge in [-0.25, -0.2) is 4.98 Å². The Morgan fingerprint density at radius 1 is 1.38 bits per heavy atom. The minimum Gasteiger partial charge on any atom is -0.496 e. The summed E-state index contributed by atoms with van der Waals surface area (Å²) in [5.74, 6) is 0.845. The summed E-state index contributed by atoms with van der Waals surface area (Å²) in [6.07, 6.45) is 2.19. The Bertz CT molecular complexity index is 643. The van der Waals surface area contributed by atoms with Crippen molar-refractivity contribution in [3.05, 3.63) is 47.7 Å². The second-order valence-corrected chi connectivity index (χ2v) is 4.51. The number of primary amides is 1. The van der Waals surface area contributed by atoms with Crippen molar-refractivity contribution >= 4 is 17.4 Å². The van der Waals surface area contributed by atoms with Gasteiger partial charge in [0.2, 0.25) is 0 Å². The van der Waals surface area contributed by atoms with Crippen molar-refractivity contribution in [2.75, 3.05) is 24.7 Å². The number of nitrogens with one attached hydrogen (secondary N) is 1. The number of nitrogens with zero attached hydrogens (tertiary/aromatic N) is 1. The molecule has 5 N–H and O–H groups in total. The standard InChI is InChI=1S/C15H18N4O2/c1-21-13-5-3-2-4-10(13)6-7-18-14-8-11(15(17)20)12(16)9-19-14/h2-5,8-9H,6-7,16H2,1H3,(H2,17,20)(H,18,19). The van der Waals surface area contributed by atoms with Crippen LogP contribution < -0.4 is 21.5 Å².